The van der Waals surface area contributed by atoms with E-state index in [4.69, 9.17) is 16.8 Å². The minimum Gasteiger partial charge on any atom is -0.411 e. The Hall–Kier alpha value is -1.13. The van der Waals surface area contributed by atoms with Crippen LogP contribution in [0.3, 0.4) is 0 Å². The van der Waals surface area contributed by atoms with E-state index in [0.717, 1.165) is 31.6 Å². The molecule has 1 aliphatic heterocycles. The minimum absolute atomic E-state index is 0.265. The highest BCUT2D eigenvalue weighted by Gasteiger charge is 2.18. The molecule has 1 aromatic carbocycles. The van der Waals surface area contributed by atoms with Crippen LogP contribution < -0.4 is 0 Å². The zero-order chi connectivity index (χ0) is 12.3. The lowest BCUT2D eigenvalue weighted by Crippen LogP contribution is -2.33. The summed E-state index contributed by atoms with van der Waals surface area (Å²) >= 11 is 5.97. The van der Waals surface area contributed by atoms with Crippen molar-refractivity contribution in [1.82, 2.24) is 4.90 Å². The van der Waals surface area contributed by atoms with E-state index in [9.17, 15) is 4.39 Å². The molecule has 1 aliphatic rings. The molecule has 5 heteroatoms. The topological polar surface area (TPSA) is 35.8 Å². The first-order chi connectivity index (χ1) is 8.20. The molecule has 17 heavy (non-hydrogen) atoms. The molecule has 0 radical (unpaired) electrons. The summed E-state index contributed by atoms with van der Waals surface area (Å²) in [4.78, 5) is 2.11. The molecule has 0 aromatic heterocycles. The van der Waals surface area contributed by atoms with Gasteiger partial charge < -0.3 is 5.21 Å². The van der Waals surface area contributed by atoms with Crippen molar-refractivity contribution in [3.05, 3.63) is 34.6 Å². The Morgan fingerprint density at radius 1 is 1.35 bits per heavy atom. The van der Waals surface area contributed by atoms with Gasteiger partial charge in [0.15, 0.2) is 0 Å². The van der Waals surface area contributed by atoms with E-state index in [-0.39, 0.29) is 5.82 Å². The Bertz CT molecular complexity index is 406. The van der Waals surface area contributed by atoms with Crippen LogP contribution in [0.4, 0.5) is 4.39 Å². The zero-order valence-corrected chi connectivity index (χ0v) is 10.1. The van der Waals surface area contributed by atoms with Crippen LogP contribution in [0, 0.1) is 5.82 Å². The predicted octanol–water partition coefficient (Wildman–Crippen LogP) is 2.91. The lowest BCUT2D eigenvalue weighted by molar-refractivity contribution is 0.253. The van der Waals surface area contributed by atoms with Gasteiger partial charge in [0, 0.05) is 43.1 Å². The largest absolute Gasteiger partial charge is 0.411 e. The molecule has 0 unspecified atom stereocenters. The summed E-state index contributed by atoms with van der Waals surface area (Å²) in [6.07, 6.45) is 1.45. The number of nitrogens with zero attached hydrogens (tertiary/aromatic N) is 2. The van der Waals surface area contributed by atoms with Crippen LogP contribution in [0.2, 0.25) is 5.02 Å². The quantitative estimate of drug-likeness (QED) is 0.652. The van der Waals surface area contributed by atoms with Crippen molar-refractivity contribution >= 4 is 17.3 Å². The summed E-state index contributed by atoms with van der Waals surface area (Å²) in [5.74, 6) is -0.265. The molecule has 0 bridgehead atoms. The third kappa shape index (κ3) is 2.96. The molecule has 92 valence electrons. The fraction of sp³-hybridized carbons (Fsp3) is 0.417. The number of piperidine rings is 1. The maximum absolute atomic E-state index is 13.6. The van der Waals surface area contributed by atoms with Crippen molar-refractivity contribution in [2.75, 3.05) is 13.1 Å². The molecule has 1 N–H and O–H groups in total. The van der Waals surface area contributed by atoms with Gasteiger partial charge in [0.05, 0.1) is 5.71 Å². The third-order valence-electron chi connectivity index (χ3n) is 3.02. The second-order valence-corrected chi connectivity index (χ2v) is 4.55. The van der Waals surface area contributed by atoms with Crippen molar-refractivity contribution in [1.29, 1.82) is 0 Å². The van der Waals surface area contributed by atoms with Crippen molar-refractivity contribution < 1.29 is 9.60 Å². The van der Waals surface area contributed by atoms with Crippen molar-refractivity contribution in [2.24, 2.45) is 5.16 Å². The average molecular weight is 257 g/mol. The highest BCUT2D eigenvalue weighted by molar-refractivity contribution is 6.31. The first-order valence-electron chi connectivity index (χ1n) is 5.55. The maximum Gasteiger partial charge on any atom is 0.129 e. The third-order valence-corrected chi connectivity index (χ3v) is 3.37. The number of oxime groups is 1. The van der Waals surface area contributed by atoms with Gasteiger partial charge in [-0.3, -0.25) is 4.90 Å². The van der Waals surface area contributed by atoms with Gasteiger partial charge in [0.25, 0.3) is 0 Å². The lowest BCUT2D eigenvalue weighted by atomic mass is 10.1. The summed E-state index contributed by atoms with van der Waals surface area (Å²) in [7, 11) is 0. The average Bonchev–Trinajstić information content (AvgIpc) is 2.35. The van der Waals surface area contributed by atoms with E-state index in [0.29, 0.717) is 17.1 Å². The van der Waals surface area contributed by atoms with Crippen LogP contribution in [0.5, 0.6) is 0 Å². The number of hydrogen-bond donors (Lipinski definition) is 1. The molecule has 1 heterocycles. The van der Waals surface area contributed by atoms with Gasteiger partial charge in [-0.2, -0.15) is 0 Å². The first-order valence-corrected chi connectivity index (χ1v) is 5.93. The molecule has 0 amide bonds. The summed E-state index contributed by atoms with van der Waals surface area (Å²) in [5, 5.41) is 12.3. The molecule has 3 nitrogen and oxygen atoms in total. The van der Waals surface area contributed by atoms with Crippen LogP contribution in [-0.4, -0.2) is 28.9 Å². The van der Waals surface area contributed by atoms with E-state index < -0.39 is 0 Å². The van der Waals surface area contributed by atoms with Gasteiger partial charge in [-0.1, -0.05) is 22.8 Å². The summed E-state index contributed by atoms with van der Waals surface area (Å²) in [5.41, 5.74) is 1.35. The van der Waals surface area contributed by atoms with Gasteiger partial charge in [-0.15, -0.1) is 0 Å². The number of benzene rings is 1. The van der Waals surface area contributed by atoms with Gasteiger partial charge in [0.1, 0.15) is 5.82 Å². The van der Waals surface area contributed by atoms with Crippen molar-refractivity contribution in [3.8, 4) is 0 Å². The number of likely N-dealkylation sites (tertiary alicyclic amines) is 1. The molecular formula is C12H14ClFN2O. The zero-order valence-electron chi connectivity index (χ0n) is 9.37. The molecule has 1 fully saturated rings. The second-order valence-electron chi connectivity index (χ2n) is 4.14. The summed E-state index contributed by atoms with van der Waals surface area (Å²) < 4.78 is 13.6. The SMILES string of the molecule is ON=C1CCN(Cc2c(F)cccc2Cl)CC1. The number of hydrogen-bond acceptors (Lipinski definition) is 3. The number of halogens is 2. The van der Waals surface area contributed by atoms with E-state index in [1.807, 2.05) is 0 Å². The van der Waals surface area contributed by atoms with Gasteiger partial charge in [-0.05, 0) is 12.1 Å². The molecule has 0 spiro atoms. The molecule has 0 aliphatic carbocycles. The fourth-order valence-corrected chi connectivity index (χ4v) is 2.20. The molecule has 0 atom stereocenters. The monoisotopic (exact) mass is 256 g/mol. The Balaban J connectivity index is 2.02. The van der Waals surface area contributed by atoms with E-state index in [2.05, 4.69) is 10.1 Å². The molecular weight excluding hydrogens is 243 g/mol. The highest BCUT2D eigenvalue weighted by Crippen LogP contribution is 2.22. The Morgan fingerprint density at radius 2 is 2.06 bits per heavy atom. The number of rotatable bonds is 2. The van der Waals surface area contributed by atoms with Crippen LogP contribution >= 0.6 is 11.6 Å². The Morgan fingerprint density at radius 3 is 2.65 bits per heavy atom. The van der Waals surface area contributed by atoms with Gasteiger partial charge >= 0.3 is 0 Å². The maximum atomic E-state index is 13.6. The van der Waals surface area contributed by atoms with E-state index in [1.165, 1.54) is 6.07 Å². The van der Waals surface area contributed by atoms with Crippen LogP contribution in [0.1, 0.15) is 18.4 Å². The van der Waals surface area contributed by atoms with Crippen molar-refractivity contribution in [3.63, 3.8) is 0 Å². The van der Waals surface area contributed by atoms with Crippen LogP contribution in [0.15, 0.2) is 23.4 Å². The minimum atomic E-state index is -0.265. The summed E-state index contributed by atoms with van der Waals surface area (Å²) in [6, 6.07) is 4.73. The van der Waals surface area contributed by atoms with E-state index in [1.54, 1.807) is 12.1 Å². The van der Waals surface area contributed by atoms with Gasteiger partial charge in [-0.25, -0.2) is 4.39 Å². The first kappa shape index (κ1) is 12.3. The fourth-order valence-electron chi connectivity index (χ4n) is 1.98. The van der Waals surface area contributed by atoms with E-state index >= 15 is 0 Å². The standard InChI is InChI=1S/C12H14ClFN2O/c13-11-2-1-3-12(14)10(11)8-16-6-4-9(15-17)5-7-16/h1-3,17H,4-8H2. The molecule has 2 rings (SSSR count). The normalized spacial score (nSPS) is 17.2. The molecule has 1 aromatic rings. The molecule has 1 saturated heterocycles. The Labute approximate surface area is 104 Å². The van der Waals surface area contributed by atoms with Crippen LogP contribution in [0.25, 0.3) is 0 Å². The predicted molar refractivity (Wildman–Crippen MR) is 65.1 cm³/mol. The smallest absolute Gasteiger partial charge is 0.129 e. The molecule has 0 saturated carbocycles. The van der Waals surface area contributed by atoms with Gasteiger partial charge in [0.2, 0.25) is 0 Å². The van der Waals surface area contributed by atoms with Crippen LogP contribution in [-0.2, 0) is 6.54 Å². The summed E-state index contributed by atoms with van der Waals surface area (Å²) in [6.45, 7) is 2.04. The highest BCUT2D eigenvalue weighted by atomic mass is 35.5. The second kappa shape index (κ2) is 5.47. The lowest BCUT2D eigenvalue weighted by Gasteiger charge is -2.27. The van der Waals surface area contributed by atoms with Crippen molar-refractivity contribution in [2.45, 2.75) is 19.4 Å². The Kier molecular flexibility index (Phi) is 3.97.